The molecule has 1 amide bonds. The first-order chi connectivity index (χ1) is 10.1. The molecule has 2 nitrogen and oxygen atoms in total. The minimum atomic E-state index is 0.00256. The Morgan fingerprint density at radius 3 is 2.05 bits per heavy atom. The third kappa shape index (κ3) is 4.45. The average Bonchev–Trinajstić information content (AvgIpc) is 2.47. The smallest absolute Gasteiger partial charge is 0.251 e. The van der Waals surface area contributed by atoms with Crippen LogP contribution in [0.15, 0.2) is 54.6 Å². The van der Waals surface area contributed by atoms with Crippen molar-refractivity contribution in [2.75, 3.05) is 0 Å². The van der Waals surface area contributed by atoms with Crippen molar-refractivity contribution in [1.82, 2.24) is 5.32 Å². The van der Waals surface area contributed by atoms with Gasteiger partial charge in [0.25, 0.3) is 5.91 Å². The summed E-state index contributed by atoms with van der Waals surface area (Å²) >= 11 is 0. The minimum Gasteiger partial charge on any atom is -0.350 e. The van der Waals surface area contributed by atoms with Crippen molar-refractivity contribution in [2.24, 2.45) is 5.92 Å². The Kier molecular flexibility index (Phi) is 5.15. The Balaban J connectivity index is 2.03. The standard InChI is InChI=1S/C19H23NO/c1-14(2)13-15(3)20-19(21)18-11-9-17(10-12-18)16-7-5-4-6-8-16/h4-12,14-15H,13H2,1-3H3,(H,20,21)/t15-/m1/s1. The molecule has 2 aromatic rings. The first-order valence-corrected chi connectivity index (χ1v) is 7.52. The zero-order chi connectivity index (χ0) is 15.2. The highest BCUT2D eigenvalue weighted by Gasteiger charge is 2.11. The topological polar surface area (TPSA) is 29.1 Å². The predicted molar refractivity (Wildman–Crippen MR) is 88.3 cm³/mol. The number of benzene rings is 2. The molecule has 0 aromatic heterocycles. The number of carbonyl (C=O) groups is 1. The van der Waals surface area contributed by atoms with E-state index in [9.17, 15) is 4.79 Å². The van der Waals surface area contributed by atoms with Crippen molar-refractivity contribution in [3.63, 3.8) is 0 Å². The fourth-order valence-electron chi connectivity index (χ4n) is 2.52. The number of rotatable bonds is 5. The highest BCUT2D eigenvalue weighted by atomic mass is 16.1. The Bertz CT molecular complexity index is 572. The zero-order valence-electron chi connectivity index (χ0n) is 13.0. The van der Waals surface area contributed by atoms with Gasteiger partial charge in [0.1, 0.15) is 0 Å². The molecule has 0 aliphatic rings. The molecule has 0 aliphatic carbocycles. The Labute approximate surface area is 127 Å². The number of hydrogen-bond donors (Lipinski definition) is 1. The first kappa shape index (κ1) is 15.3. The lowest BCUT2D eigenvalue weighted by molar-refractivity contribution is 0.0936. The number of hydrogen-bond acceptors (Lipinski definition) is 1. The molecule has 0 spiro atoms. The van der Waals surface area contributed by atoms with Crippen LogP contribution in [0.2, 0.25) is 0 Å². The van der Waals surface area contributed by atoms with Crippen LogP contribution in [0.1, 0.15) is 37.6 Å². The van der Waals surface area contributed by atoms with Crippen LogP contribution < -0.4 is 5.32 Å². The van der Waals surface area contributed by atoms with Crippen LogP contribution in [0.5, 0.6) is 0 Å². The van der Waals surface area contributed by atoms with Gasteiger partial charge in [0.2, 0.25) is 0 Å². The van der Waals surface area contributed by atoms with Gasteiger partial charge in [0.15, 0.2) is 0 Å². The molecule has 0 saturated heterocycles. The molecule has 0 radical (unpaired) electrons. The van der Waals surface area contributed by atoms with Crippen LogP contribution in [-0.2, 0) is 0 Å². The Hall–Kier alpha value is -2.09. The molecule has 21 heavy (non-hydrogen) atoms. The second-order valence-electron chi connectivity index (χ2n) is 5.95. The second-order valence-corrected chi connectivity index (χ2v) is 5.95. The van der Waals surface area contributed by atoms with Gasteiger partial charge in [-0.15, -0.1) is 0 Å². The maximum absolute atomic E-state index is 12.2. The lowest BCUT2D eigenvalue weighted by Gasteiger charge is -2.16. The largest absolute Gasteiger partial charge is 0.350 e. The maximum atomic E-state index is 12.2. The third-order valence-electron chi connectivity index (χ3n) is 3.46. The van der Waals surface area contributed by atoms with Gasteiger partial charge >= 0.3 is 0 Å². The van der Waals surface area contributed by atoms with E-state index in [4.69, 9.17) is 0 Å². The number of carbonyl (C=O) groups excluding carboxylic acids is 1. The Morgan fingerprint density at radius 1 is 0.905 bits per heavy atom. The van der Waals surface area contributed by atoms with Crippen LogP contribution in [0.4, 0.5) is 0 Å². The summed E-state index contributed by atoms with van der Waals surface area (Å²) in [6.07, 6.45) is 0.994. The fraction of sp³-hybridized carbons (Fsp3) is 0.316. The average molecular weight is 281 g/mol. The van der Waals surface area contributed by atoms with Crippen molar-refractivity contribution < 1.29 is 4.79 Å². The molecule has 0 saturated carbocycles. The van der Waals surface area contributed by atoms with E-state index in [1.807, 2.05) is 42.5 Å². The lowest BCUT2D eigenvalue weighted by Crippen LogP contribution is -2.33. The van der Waals surface area contributed by atoms with E-state index in [0.29, 0.717) is 11.5 Å². The molecule has 1 N–H and O–H groups in total. The van der Waals surface area contributed by atoms with E-state index < -0.39 is 0 Å². The molecule has 0 bridgehead atoms. The van der Waals surface area contributed by atoms with E-state index in [1.165, 1.54) is 0 Å². The summed E-state index contributed by atoms with van der Waals surface area (Å²) in [5.41, 5.74) is 3.00. The monoisotopic (exact) mass is 281 g/mol. The van der Waals surface area contributed by atoms with Crippen LogP contribution in [0.25, 0.3) is 11.1 Å². The molecular weight excluding hydrogens is 258 g/mol. The van der Waals surface area contributed by atoms with Gasteiger partial charge in [-0.1, -0.05) is 56.3 Å². The number of amides is 1. The molecule has 0 fully saturated rings. The van der Waals surface area contributed by atoms with Gasteiger partial charge in [0, 0.05) is 11.6 Å². The van der Waals surface area contributed by atoms with Crippen LogP contribution in [-0.4, -0.2) is 11.9 Å². The predicted octanol–water partition coefficient (Wildman–Crippen LogP) is 4.52. The first-order valence-electron chi connectivity index (χ1n) is 7.52. The van der Waals surface area contributed by atoms with Gasteiger partial charge in [-0.3, -0.25) is 4.79 Å². The summed E-state index contributed by atoms with van der Waals surface area (Å²) < 4.78 is 0. The number of nitrogens with one attached hydrogen (secondary N) is 1. The highest BCUT2D eigenvalue weighted by Crippen LogP contribution is 2.19. The van der Waals surface area contributed by atoms with E-state index in [-0.39, 0.29) is 11.9 Å². The van der Waals surface area contributed by atoms with Crippen molar-refractivity contribution in [3.8, 4) is 11.1 Å². The van der Waals surface area contributed by atoms with Crippen LogP contribution in [0.3, 0.4) is 0 Å². The van der Waals surface area contributed by atoms with E-state index >= 15 is 0 Å². The maximum Gasteiger partial charge on any atom is 0.251 e. The van der Waals surface area contributed by atoms with E-state index in [0.717, 1.165) is 17.5 Å². The molecular formula is C19H23NO. The summed E-state index contributed by atoms with van der Waals surface area (Å²) in [5.74, 6) is 0.587. The SMILES string of the molecule is CC(C)C[C@@H](C)NC(=O)c1ccc(-c2ccccc2)cc1. The molecule has 0 heterocycles. The molecule has 2 rings (SSSR count). The van der Waals surface area contributed by atoms with Crippen molar-refractivity contribution in [2.45, 2.75) is 33.2 Å². The summed E-state index contributed by atoms with van der Waals surface area (Å²) in [6, 6.07) is 18.1. The van der Waals surface area contributed by atoms with E-state index in [1.54, 1.807) is 0 Å². The molecule has 1 atom stereocenters. The molecule has 2 heteroatoms. The normalized spacial score (nSPS) is 12.2. The van der Waals surface area contributed by atoms with Gasteiger partial charge in [-0.25, -0.2) is 0 Å². The van der Waals surface area contributed by atoms with Gasteiger partial charge in [-0.2, -0.15) is 0 Å². The zero-order valence-corrected chi connectivity index (χ0v) is 13.0. The molecule has 2 aromatic carbocycles. The van der Waals surface area contributed by atoms with Crippen molar-refractivity contribution in [3.05, 3.63) is 60.2 Å². The summed E-state index contributed by atoms with van der Waals surface area (Å²) in [5, 5.41) is 3.05. The van der Waals surface area contributed by atoms with Gasteiger partial charge in [0.05, 0.1) is 0 Å². The van der Waals surface area contributed by atoms with Crippen molar-refractivity contribution in [1.29, 1.82) is 0 Å². The Morgan fingerprint density at radius 2 is 1.48 bits per heavy atom. The van der Waals surface area contributed by atoms with Crippen LogP contribution >= 0.6 is 0 Å². The fourth-order valence-corrected chi connectivity index (χ4v) is 2.52. The van der Waals surface area contributed by atoms with Gasteiger partial charge < -0.3 is 5.32 Å². The summed E-state index contributed by atoms with van der Waals surface area (Å²) in [6.45, 7) is 6.38. The second kappa shape index (κ2) is 7.07. The molecule has 0 unspecified atom stereocenters. The quantitative estimate of drug-likeness (QED) is 0.858. The highest BCUT2D eigenvalue weighted by molar-refractivity contribution is 5.94. The molecule has 0 aliphatic heterocycles. The van der Waals surface area contributed by atoms with Gasteiger partial charge in [-0.05, 0) is 42.5 Å². The molecule has 110 valence electrons. The van der Waals surface area contributed by atoms with Crippen molar-refractivity contribution >= 4 is 5.91 Å². The van der Waals surface area contributed by atoms with E-state index in [2.05, 4.69) is 38.2 Å². The minimum absolute atomic E-state index is 0.00256. The van der Waals surface area contributed by atoms with Crippen LogP contribution in [0, 0.1) is 5.92 Å². The summed E-state index contributed by atoms with van der Waals surface area (Å²) in [4.78, 5) is 12.2. The lowest BCUT2D eigenvalue weighted by atomic mass is 10.0. The summed E-state index contributed by atoms with van der Waals surface area (Å²) in [7, 11) is 0. The third-order valence-corrected chi connectivity index (χ3v) is 3.46.